The quantitative estimate of drug-likeness (QED) is 0.743. The molecule has 23 heavy (non-hydrogen) atoms. The molecule has 0 saturated heterocycles. The van der Waals surface area contributed by atoms with Crippen molar-refractivity contribution in [3.8, 4) is 0 Å². The van der Waals surface area contributed by atoms with E-state index in [0.717, 1.165) is 35.0 Å². The monoisotopic (exact) mass is 349 g/mol. The average Bonchev–Trinajstić information content (AvgIpc) is 2.87. The van der Waals surface area contributed by atoms with Gasteiger partial charge >= 0.3 is 0 Å². The molecule has 0 amide bonds. The van der Waals surface area contributed by atoms with Crippen LogP contribution in [0.2, 0.25) is 10.0 Å². The summed E-state index contributed by atoms with van der Waals surface area (Å²) in [5, 5.41) is 1.50. The van der Waals surface area contributed by atoms with Crippen molar-refractivity contribution < 1.29 is 4.74 Å². The van der Waals surface area contributed by atoms with Crippen molar-refractivity contribution in [1.29, 1.82) is 0 Å². The van der Waals surface area contributed by atoms with Crippen LogP contribution in [0.5, 0.6) is 0 Å². The van der Waals surface area contributed by atoms with E-state index in [2.05, 4.69) is 37.2 Å². The first-order valence-corrected chi connectivity index (χ1v) is 8.60. The summed E-state index contributed by atoms with van der Waals surface area (Å²) in [5.74, 6) is 0. The highest BCUT2D eigenvalue weighted by molar-refractivity contribution is 6.30. The van der Waals surface area contributed by atoms with Crippen molar-refractivity contribution in [2.75, 3.05) is 20.6 Å². The largest absolute Gasteiger partial charge is 0.361 e. The SMILES string of the molecule is CN(C)CCCC1(c2ccc(Cl)cc2)OCc2cc(Cl)ccc21. The highest BCUT2D eigenvalue weighted by Crippen LogP contribution is 2.46. The van der Waals surface area contributed by atoms with Crippen LogP contribution >= 0.6 is 23.2 Å². The summed E-state index contributed by atoms with van der Waals surface area (Å²) in [4.78, 5) is 2.20. The second kappa shape index (κ2) is 6.82. The third kappa shape index (κ3) is 3.41. The van der Waals surface area contributed by atoms with Gasteiger partial charge < -0.3 is 9.64 Å². The van der Waals surface area contributed by atoms with Gasteiger partial charge in [-0.1, -0.05) is 41.4 Å². The van der Waals surface area contributed by atoms with E-state index in [-0.39, 0.29) is 0 Å². The Morgan fingerprint density at radius 1 is 1.04 bits per heavy atom. The Labute approximate surface area is 148 Å². The number of hydrogen-bond acceptors (Lipinski definition) is 2. The molecule has 0 fully saturated rings. The smallest absolute Gasteiger partial charge is 0.119 e. The highest BCUT2D eigenvalue weighted by Gasteiger charge is 2.41. The average molecular weight is 350 g/mol. The van der Waals surface area contributed by atoms with Gasteiger partial charge in [-0.05, 0) is 74.4 Å². The van der Waals surface area contributed by atoms with Gasteiger partial charge in [0.2, 0.25) is 0 Å². The molecule has 0 bridgehead atoms. The second-order valence-electron chi connectivity index (χ2n) is 6.33. The molecule has 0 saturated carbocycles. The van der Waals surface area contributed by atoms with Gasteiger partial charge in [-0.25, -0.2) is 0 Å². The molecular formula is C19H21Cl2NO. The molecule has 2 aromatic carbocycles. The van der Waals surface area contributed by atoms with Crippen molar-refractivity contribution in [1.82, 2.24) is 4.90 Å². The summed E-state index contributed by atoms with van der Waals surface area (Å²) in [6.07, 6.45) is 1.99. The molecule has 0 aliphatic carbocycles. The van der Waals surface area contributed by atoms with Crippen LogP contribution in [0.3, 0.4) is 0 Å². The Morgan fingerprint density at radius 2 is 1.74 bits per heavy atom. The second-order valence-corrected chi connectivity index (χ2v) is 7.20. The van der Waals surface area contributed by atoms with Crippen molar-refractivity contribution in [3.05, 3.63) is 69.2 Å². The third-order valence-electron chi connectivity index (χ3n) is 4.42. The molecule has 1 unspecified atom stereocenters. The summed E-state index contributed by atoms with van der Waals surface area (Å²) in [6.45, 7) is 1.63. The van der Waals surface area contributed by atoms with Gasteiger partial charge in [0.15, 0.2) is 0 Å². The maximum atomic E-state index is 6.35. The molecule has 1 atom stereocenters. The van der Waals surface area contributed by atoms with Crippen molar-refractivity contribution in [2.24, 2.45) is 0 Å². The molecule has 1 aliphatic rings. The van der Waals surface area contributed by atoms with Gasteiger partial charge in [-0.3, -0.25) is 0 Å². The van der Waals surface area contributed by atoms with Gasteiger partial charge in [0.25, 0.3) is 0 Å². The molecule has 2 aromatic rings. The zero-order chi connectivity index (χ0) is 16.4. The number of hydrogen-bond donors (Lipinski definition) is 0. The molecule has 0 N–H and O–H groups in total. The Hall–Kier alpha value is -1.06. The van der Waals surface area contributed by atoms with Gasteiger partial charge in [0.1, 0.15) is 5.60 Å². The first-order valence-electron chi connectivity index (χ1n) is 7.85. The minimum Gasteiger partial charge on any atom is -0.361 e. The van der Waals surface area contributed by atoms with E-state index < -0.39 is 5.60 Å². The van der Waals surface area contributed by atoms with E-state index in [1.54, 1.807) is 0 Å². The number of benzene rings is 2. The summed E-state index contributed by atoms with van der Waals surface area (Å²) in [5.41, 5.74) is 3.16. The first-order chi connectivity index (χ1) is 11.0. The van der Waals surface area contributed by atoms with E-state index in [0.29, 0.717) is 6.61 Å². The number of fused-ring (bicyclic) bond motifs is 1. The molecule has 1 heterocycles. The molecule has 0 spiro atoms. The lowest BCUT2D eigenvalue weighted by Gasteiger charge is -2.31. The minimum absolute atomic E-state index is 0.402. The van der Waals surface area contributed by atoms with Crippen LogP contribution in [-0.4, -0.2) is 25.5 Å². The van der Waals surface area contributed by atoms with Crippen LogP contribution in [-0.2, 0) is 16.9 Å². The van der Waals surface area contributed by atoms with E-state index in [4.69, 9.17) is 27.9 Å². The van der Waals surface area contributed by atoms with E-state index in [9.17, 15) is 0 Å². The van der Waals surface area contributed by atoms with Crippen LogP contribution in [0.1, 0.15) is 29.5 Å². The molecular weight excluding hydrogens is 329 g/mol. The van der Waals surface area contributed by atoms with Gasteiger partial charge in [0.05, 0.1) is 6.61 Å². The number of nitrogens with zero attached hydrogens (tertiary/aromatic N) is 1. The zero-order valence-corrected chi connectivity index (χ0v) is 15.0. The van der Waals surface area contributed by atoms with E-state index in [1.807, 2.05) is 24.3 Å². The zero-order valence-electron chi connectivity index (χ0n) is 13.5. The topological polar surface area (TPSA) is 12.5 Å². The normalized spacial score (nSPS) is 20.0. The fourth-order valence-electron chi connectivity index (χ4n) is 3.31. The van der Waals surface area contributed by atoms with E-state index in [1.165, 1.54) is 11.1 Å². The third-order valence-corrected chi connectivity index (χ3v) is 4.91. The fourth-order valence-corrected chi connectivity index (χ4v) is 3.63. The molecule has 2 nitrogen and oxygen atoms in total. The summed E-state index contributed by atoms with van der Waals surface area (Å²) < 4.78 is 6.35. The minimum atomic E-state index is -0.402. The van der Waals surface area contributed by atoms with Crippen LogP contribution in [0.4, 0.5) is 0 Å². The van der Waals surface area contributed by atoms with Crippen molar-refractivity contribution in [2.45, 2.75) is 25.0 Å². The summed E-state index contributed by atoms with van der Waals surface area (Å²) in [6, 6.07) is 14.1. The van der Waals surface area contributed by atoms with Crippen LogP contribution in [0.15, 0.2) is 42.5 Å². The maximum Gasteiger partial charge on any atom is 0.119 e. The summed E-state index contributed by atoms with van der Waals surface area (Å²) >= 11 is 12.2. The predicted octanol–water partition coefficient (Wildman–Crippen LogP) is 5.11. The lowest BCUT2D eigenvalue weighted by Crippen LogP contribution is -2.28. The standard InChI is InChI=1S/C19H21Cl2NO/c1-22(2)11-3-10-19(15-4-6-16(20)7-5-15)18-9-8-17(21)12-14(18)13-23-19/h4-9,12H,3,10-11,13H2,1-2H3. The number of ether oxygens (including phenoxy) is 1. The molecule has 1 aliphatic heterocycles. The van der Waals surface area contributed by atoms with Gasteiger partial charge in [-0.15, -0.1) is 0 Å². The Kier molecular flexibility index (Phi) is 4.98. The van der Waals surface area contributed by atoms with E-state index >= 15 is 0 Å². The maximum absolute atomic E-state index is 6.35. The lowest BCUT2D eigenvalue weighted by atomic mass is 9.82. The molecule has 0 aromatic heterocycles. The lowest BCUT2D eigenvalue weighted by molar-refractivity contribution is -0.0139. The van der Waals surface area contributed by atoms with Crippen LogP contribution in [0, 0.1) is 0 Å². The Morgan fingerprint density at radius 3 is 2.43 bits per heavy atom. The highest BCUT2D eigenvalue weighted by atomic mass is 35.5. The fraction of sp³-hybridized carbons (Fsp3) is 0.368. The Bertz CT molecular complexity index is 684. The number of halogens is 2. The van der Waals surface area contributed by atoms with Crippen LogP contribution in [0.25, 0.3) is 0 Å². The van der Waals surface area contributed by atoms with Gasteiger partial charge in [-0.2, -0.15) is 0 Å². The van der Waals surface area contributed by atoms with Crippen molar-refractivity contribution >= 4 is 23.2 Å². The summed E-state index contributed by atoms with van der Waals surface area (Å²) in [7, 11) is 4.19. The number of rotatable bonds is 5. The Balaban J connectivity index is 2.00. The molecule has 0 radical (unpaired) electrons. The first kappa shape index (κ1) is 16.8. The van der Waals surface area contributed by atoms with Crippen molar-refractivity contribution in [3.63, 3.8) is 0 Å². The molecule has 4 heteroatoms. The van der Waals surface area contributed by atoms with Gasteiger partial charge in [0, 0.05) is 10.0 Å². The van der Waals surface area contributed by atoms with Crippen LogP contribution < -0.4 is 0 Å². The molecule has 3 rings (SSSR count). The molecule has 122 valence electrons. The predicted molar refractivity (Wildman–Crippen MR) is 96.3 cm³/mol.